The highest BCUT2D eigenvalue weighted by Crippen LogP contribution is 2.35. The van der Waals surface area contributed by atoms with Gasteiger partial charge in [-0.25, -0.2) is 0 Å². The molecule has 0 spiro atoms. The molecular formula is C19H24N2. The van der Waals surface area contributed by atoms with Gasteiger partial charge in [-0.05, 0) is 59.2 Å². The van der Waals surface area contributed by atoms with E-state index in [1.165, 1.54) is 22.4 Å². The molecule has 0 fully saturated rings. The normalized spacial score (nSPS) is 17.6. The van der Waals surface area contributed by atoms with E-state index in [2.05, 4.69) is 62.5 Å². The number of nitrogens with two attached hydrogens (primary N) is 1. The summed E-state index contributed by atoms with van der Waals surface area (Å²) in [6.07, 6.45) is 2.25. The highest BCUT2D eigenvalue weighted by atomic mass is 14.9. The maximum atomic E-state index is 5.87. The molecule has 3 rings (SSSR count). The van der Waals surface area contributed by atoms with Crippen LogP contribution in [0, 0.1) is 0 Å². The van der Waals surface area contributed by atoms with E-state index in [-0.39, 0.29) is 5.41 Å². The molecule has 2 aromatic rings. The first-order valence-electron chi connectivity index (χ1n) is 7.69. The average molecular weight is 280 g/mol. The Labute approximate surface area is 127 Å². The van der Waals surface area contributed by atoms with Crippen LogP contribution in [0.15, 0.2) is 42.5 Å². The highest BCUT2D eigenvalue weighted by molar-refractivity contribution is 5.53. The lowest BCUT2D eigenvalue weighted by Gasteiger charge is -2.20. The van der Waals surface area contributed by atoms with Crippen LogP contribution >= 0.6 is 0 Å². The molecule has 2 heteroatoms. The van der Waals surface area contributed by atoms with E-state index in [9.17, 15) is 0 Å². The Morgan fingerprint density at radius 3 is 2.43 bits per heavy atom. The summed E-state index contributed by atoms with van der Waals surface area (Å²) in [6, 6.07) is 15.5. The van der Waals surface area contributed by atoms with Gasteiger partial charge in [-0.15, -0.1) is 0 Å². The molecule has 0 saturated carbocycles. The van der Waals surface area contributed by atoms with Gasteiger partial charge in [-0.1, -0.05) is 39.0 Å². The lowest BCUT2D eigenvalue weighted by atomic mass is 9.87. The minimum atomic E-state index is 0.204. The van der Waals surface area contributed by atoms with Crippen LogP contribution < -0.4 is 11.1 Å². The summed E-state index contributed by atoms with van der Waals surface area (Å²) >= 11 is 0. The van der Waals surface area contributed by atoms with Gasteiger partial charge in [0.1, 0.15) is 0 Å². The minimum absolute atomic E-state index is 0.204. The van der Waals surface area contributed by atoms with Crippen molar-refractivity contribution < 1.29 is 0 Å². The van der Waals surface area contributed by atoms with Crippen molar-refractivity contribution in [3.63, 3.8) is 0 Å². The molecule has 1 atom stereocenters. The summed E-state index contributed by atoms with van der Waals surface area (Å²) in [5.74, 6) is 0. The van der Waals surface area contributed by atoms with Crippen molar-refractivity contribution in [3.05, 3.63) is 59.2 Å². The average Bonchev–Trinajstić information content (AvgIpc) is 2.80. The van der Waals surface area contributed by atoms with Crippen LogP contribution in [-0.4, -0.2) is 0 Å². The van der Waals surface area contributed by atoms with Gasteiger partial charge in [0, 0.05) is 11.4 Å². The number of nitrogens with one attached hydrogen (secondary N) is 1. The van der Waals surface area contributed by atoms with Crippen molar-refractivity contribution in [3.8, 4) is 0 Å². The number of fused-ring (bicyclic) bond motifs is 1. The molecule has 110 valence electrons. The van der Waals surface area contributed by atoms with Crippen molar-refractivity contribution in [2.24, 2.45) is 0 Å². The van der Waals surface area contributed by atoms with Crippen LogP contribution in [0.4, 0.5) is 11.4 Å². The molecule has 0 bridgehead atoms. The number of hydrogen-bond acceptors (Lipinski definition) is 2. The van der Waals surface area contributed by atoms with Crippen LogP contribution in [0.3, 0.4) is 0 Å². The molecule has 2 aromatic carbocycles. The number of nitrogen functional groups attached to an aromatic ring is 1. The number of hydrogen-bond donors (Lipinski definition) is 2. The van der Waals surface area contributed by atoms with Gasteiger partial charge < -0.3 is 11.1 Å². The second kappa shape index (κ2) is 5.10. The molecule has 0 heterocycles. The molecule has 1 unspecified atom stereocenters. The van der Waals surface area contributed by atoms with E-state index in [1.54, 1.807) is 0 Å². The van der Waals surface area contributed by atoms with Crippen LogP contribution in [0.5, 0.6) is 0 Å². The van der Waals surface area contributed by atoms with E-state index in [0.29, 0.717) is 6.04 Å². The monoisotopic (exact) mass is 280 g/mol. The Balaban J connectivity index is 1.77. The summed E-state index contributed by atoms with van der Waals surface area (Å²) in [7, 11) is 0. The fraction of sp³-hybridized carbons (Fsp3) is 0.368. The molecule has 21 heavy (non-hydrogen) atoms. The van der Waals surface area contributed by atoms with E-state index in [4.69, 9.17) is 5.73 Å². The third-order valence-electron chi connectivity index (χ3n) is 4.34. The molecule has 1 aliphatic rings. The minimum Gasteiger partial charge on any atom is -0.399 e. The van der Waals surface area contributed by atoms with E-state index >= 15 is 0 Å². The van der Waals surface area contributed by atoms with Gasteiger partial charge in [0.15, 0.2) is 0 Å². The number of benzene rings is 2. The van der Waals surface area contributed by atoms with Gasteiger partial charge in [0.2, 0.25) is 0 Å². The summed E-state index contributed by atoms with van der Waals surface area (Å²) in [5, 5.41) is 3.65. The summed E-state index contributed by atoms with van der Waals surface area (Å²) < 4.78 is 0. The van der Waals surface area contributed by atoms with Gasteiger partial charge in [-0.2, -0.15) is 0 Å². The molecule has 0 aliphatic heterocycles. The van der Waals surface area contributed by atoms with E-state index < -0.39 is 0 Å². The second-order valence-corrected chi connectivity index (χ2v) is 7.02. The van der Waals surface area contributed by atoms with Crippen LogP contribution in [0.1, 0.15) is 49.9 Å². The Morgan fingerprint density at radius 1 is 1.05 bits per heavy atom. The van der Waals surface area contributed by atoms with Gasteiger partial charge in [0.05, 0.1) is 6.04 Å². The Kier molecular flexibility index (Phi) is 3.40. The number of anilines is 2. The van der Waals surface area contributed by atoms with Crippen molar-refractivity contribution >= 4 is 11.4 Å². The second-order valence-electron chi connectivity index (χ2n) is 7.02. The largest absolute Gasteiger partial charge is 0.399 e. The fourth-order valence-corrected chi connectivity index (χ4v) is 3.06. The predicted octanol–water partition coefficient (Wildman–Crippen LogP) is 4.67. The Morgan fingerprint density at radius 2 is 1.76 bits per heavy atom. The zero-order chi connectivity index (χ0) is 15.0. The fourth-order valence-electron chi connectivity index (χ4n) is 3.06. The van der Waals surface area contributed by atoms with Crippen LogP contribution in [-0.2, 0) is 11.8 Å². The molecule has 2 nitrogen and oxygen atoms in total. The summed E-state index contributed by atoms with van der Waals surface area (Å²) in [6.45, 7) is 6.73. The zero-order valence-electron chi connectivity index (χ0n) is 13.1. The van der Waals surface area contributed by atoms with Gasteiger partial charge >= 0.3 is 0 Å². The standard InChI is InChI=1S/C19H24N2/c1-19(2,3)14-5-8-16(9-6-14)21-18-11-4-13-12-15(20)7-10-17(13)18/h5-10,12,18,21H,4,11,20H2,1-3H3. The summed E-state index contributed by atoms with van der Waals surface area (Å²) in [4.78, 5) is 0. The molecule has 3 N–H and O–H groups in total. The molecule has 0 saturated heterocycles. The predicted molar refractivity (Wildman–Crippen MR) is 90.7 cm³/mol. The first-order chi connectivity index (χ1) is 9.93. The SMILES string of the molecule is CC(C)(C)c1ccc(NC2CCc3cc(N)ccc32)cc1. The third-order valence-corrected chi connectivity index (χ3v) is 4.34. The lowest BCUT2D eigenvalue weighted by Crippen LogP contribution is -2.11. The molecule has 0 amide bonds. The highest BCUT2D eigenvalue weighted by Gasteiger charge is 2.22. The van der Waals surface area contributed by atoms with Crippen LogP contribution in [0.2, 0.25) is 0 Å². The lowest BCUT2D eigenvalue weighted by molar-refractivity contribution is 0.590. The zero-order valence-corrected chi connectivity index (χ0v) is 13.1. The first kappa shape index (κ1) is 14.0. The van der Waals surface area contributed by atoms with Crippen molar-refractivity contribution in [2.45, 2.75) is 45.1 Å². The number of aryl methyl sites for hydroxylation is 1. The maximum Gasteiger partial charge on any atom is 0.0519 e. The van der Waals surface area contributed by atoms with Gasteiger partial charge in [-0.3, -0.25) is 0 Å². The van der Waals surface area contributed by atoms with Crippen molar-refractivity contribution in [2.75, 3.05) is 11.1 Å². The van der Waals surface area contributed by atoms with Gasteiger partial charge in [0.25, 0.3) is 0 Å². The topological polar surface area (TPSA) is 38.0 Å². The Bertz CT molecular complexity index is 636. The Hall–Kier alpha value is -1.96. The van der Waals surface area contributed by atoms with Crippen molar-refractivity contribution in [1.82, 2.24) is 0 Å². The quantitative estimate of drug-likeness (QED) is 0.785. The summed E-state index contributed by atoms with van der Waals surface area (Å²) in [5.41, 5.74) is 12.3. The first-order valence-corrected chi connectivity index (χ1v) is 7.69. The molecule has 1 aliphatic carbocycles. The van der Waals surface area contributed by atoms with Crippen molar-refractivity contribution in [1.29, 1.82) is 0 Å². The van der Waals surface area contributed by atoms with E-state index in [1.807, 2.05) is 6.07 Å². The third kappa shape index (κ3) is 2.90. The van der Waals surface area contributed by atoms with E-state index in [0.717, 1.165) is 18.5 Å². The molecular weight excluding hydrogens is 256 g/mol. The molecule has 0 aromatic heterocycles. The number of rotatable bonds is 2. The molecule has 0 radical (unpaired) electrons. The maximum absolute atomic E-state index is 5.87. The van der Waals surface area contributed by atoms with Crippen LogP contribution in [0.25, 0.3) is 0 Å². The smallest absolute Gasteiger partial charge is 0.0519 e.